The van der Waals surface area contributed by atoms with Crippen molar-refractivity contribution in [1.82, 2.24) is 15.5 Å². The van der Waals surface area contributed by atoms with Gasteiger partial charge < -0.3 is 26.4 Å². The topological polar surface area (TPSA) is 154 Å². The molecule has 2 aliphatic rings. The van der Waals surface area contributed by atoms with Crippen LogP contribution in [0.15, 0.2) is 62.5 Å². The molecular formula is C25H25Br2N5O5S. The van der Waals surface area contributed by atoms with Crippen molar-refractivity contribution < 1.29 is 24.3 Å². The minimum atomic E-state index is -1.10. The van der Waals surface area contributed by atoms with Crippen molar-refractivity contribution in [1.29, 1.82) is 0 Å². The highest BCUT2D eigenvalue weighted by Crippen LogP contribution is 2.50. The molecule has 2 aromatic rings. The van der Waals surface area contributed by atoms with Gasteiger partial charge in [0.2, 0.25) is 17.7 Å². The molecule has 13 heteroatoms. The van der Waals surface area contributed by atoms with Crippen LogP contribution >= 0.6 is 43.6 Å². The van der Waals surface area contributed by atoms with Gasteiger partial charge >= 0.3 is 5.97 Å². The van der Waals surface area contributed by atoms with E-state index in [0.29, 0.717) is 11.1 Å². The zero-order valence-corrected chi connectivity index (χ0v) is 24.3. The first kappa shape index (κ1) is 28.1. The first-order valence-corrected chi connectivity index (χ1v) is 14.0. The summed E-state index contributed by atoms with van der Waals surface area (Å²) in [6, 6.07) is 11.0. The summed E-state index contributed by atoms with van der Waals surface area (Å²) < 4.78 is 0.848. The lowest BCUT2D eigenvalue weighted by Gasteiger charge is -2.44. The fraction of sp³-hybridized carbons (Fsp3) is 0.320. The van der Waals surface area contributed by atoms with E-state index in [1.165, 1.54) is 16.7 Å². The number of β-lactam (4-membered cyclic amide) rings is 1. The summed E-state index contributed by atoms with van der Waals surface area (Å²) in [4.78, 5) is 56.2. The molecule has 0 saturated carbocycles. The normalized spacial score (nSPS) is 22.7. The molecule has 2 heterocycles. The van der Waals surface area contributed by atoms with E-state index in [9.17, 15) is 24.3 Å². The van der Waals surface area contributed by atoms with Crippen LogP contribution in [0.4, 0.5) is 0 Å². The number of nitrogens with one attached hydrogen (secondary N) is 2. The zero-order chi connectivity index (χ0) is 27.8. The Morgan fingerprint density at radius 3 is 2.39 bits per heavy atom. The Morgan fingerprint density at radius 1 is 1.16 bits per heavy atom. The van der Waals surface area contributed by atoms with Crippen LogP contribution in [0.3, 0.4) is 0 Å². The number of hydrogen-bond donors (Lipinski definition) is 4. The van der Waals surface area contributed by atoms with Gasteiger partial charge in [-0.1, -0.05) is 62.2 Å². The van der Waals surface area contributed by atoms with Gasteiger partial charge in [-0.05, 0) is 37.6 Å². The summed E-state index contributed by atoms with van der Waals surface area (Å²) in [7, 11) is 0. The van der Waals surface area contributed by atoms with Gasteiger partial charge in [0.1, 0.15) is 35.9 Å². The second-order valence-electron chi connectivity index (χ2n) is 9.36. The molecular weight excluding hydrogens is 642 g/mol. The molecule has 5 N–H and O–H groups in total. The third kappa shape index (κ3) is 5.74. The maximum atomic E-state index is 13.3. The van der Waals surface area contributed by atoms with Gasteiger partial charge in [0.25, 0.3) is 0 Å². The summed E-state index contributed by atoms with van der Waals surface area (Å²) in [6.07, 6.45) is 0. The van der Waals surface area contributed by atoms with Gasteiger partial charge in [-0.3, -0.25) is 19.4 Å². The summed E-state index contributed by atoms with van der Waals surface area (Å²) in [5.74, 6) is -2.54. The summed E-state index contributed by atoms with van der Waals surface area (Å²) in [6.45, 7) is 3.19. The predicted molar refractivity (Wildman–Crippen MR) is 150 cm³/mol. The van der Waals surface area contributed by atoms with Gasteiger partial charge in [-0.25, -0.2) is 4.79 Å². The lowest BCUT2D eigenvalue weighted by Crippen LogP contribution is -2.71. The fourth-order valence-electron chi connectivity index (χ4n) is 4.48. The molecule has 3 amide bonds. The quantitative estimate of drug-likeness (QED) is 0.192. The van der Waals surface area contributed by atoms with Gasteiger partial charge in [0.15, 0.2) is 0 Å². The number of carbonyl (C=O) groups excluding carboxylic acids is 3. The van der Waals surface area contributed by atoms with E-state index in [0.717, 1.165) is 8.95 Å². The Kier molecular flexibility index (Phi) is 8.19. The largest absolute Gasteiger partial charge is 0.480 e. The summed E-state index contributed by atoms with van der Waals surface area (Å²) in [5.41, 5.74) is 7.18. The molecule has 0 radical (unpaired) electrons. The average molecular weight is 667 g/mol. The number of hydrogen-bond acceptors (Lipinski definition) is 6. The number of fused-ring (bicyclic) bond motifs is 1. The van der Waals surface area contributed by atoms with E-state index in [2.05, 4.69) is 47.5 Å². The standard InChI is InChI=1S/C25H25Br2N5O5S/c1-25(2)19(24(36)37)32-22(35)18(23(32)38-25)31-21(34)17(12-6-4-3-5-7-12)30-16(33)11-29-20(28)13-8-14(26)10-15(27)9-13/h3-10,17-19,23H,11H2,1-2H3,(H2,28,29)(H,30,33)(H,31,34)(H,36,37)/t17?,18?,19-,23+/m0/s1. The van der Waals surface area contributed by atoms with E-state index >= 15 is 0 Å². The number of nitrogens with zero attached hydrogens (tertiary/aromatic N) is 2. The van der Waals surface area contributed by atoms with Crippen molar-refractivity contribution in [3.05, 3.63) is 68.6 Å². The number of amidine groups is 1. The Labute approximate surface area is 240 Å². The predicted octanol–water partition coefficient (Wildman–Crippen LogP) is 2.41. The van der Waals surface area contributed by atoms with Crippen molar-refractivity contribution >= 4 is 73.1 Å². The smallest absolute Gasteiger partial charge is 0.327 e. The highest BCUT2D eigenvalue weighted by atomic mass is 79.9. The van der Waals surface area contributed by atoms with Crippen LogP contribution in [0.25, 0.3) is 0 Å². The second-order valence-corrected chi connectivity index (χ2v) is 13.0. The van der Waals surface area contributed by atoms with Gasteiger partial charge in [-0.2, -0.15) is 0 Å². The number of nitrogens with two attached hydrogens (primary N) is 1. The first-order chi connectivity index (χ1) is 17.9. The molecule has 0 aliphatic carbocycles. The van der Waals surface area contributed by atoms with E-state index in [-0.39, 0.29) is 12.4 Å². The number of aliphatic imine (C=N–C) groups is 1. The number of carboxylic acids is 1. The maximum absolute atomic E-state index is 13.3. The van der Waals surface area contributed by atoms with Crippen LogP contribution < -0.4 is 16.4 Å². The monoisotopic (exact) mass is 665 g/mol. The van der Waals surface area contributed by atoms with E-state index in [1.807, 2.05) is 6.07 Å². The van der Waals surface area contributed by atoms with Crippen LogP contribution in [-0.4, -0.2) is 68.3 Å². The zero-order valence-electron chi connectivity index (χ0n) is 20.4. The molecule has 200 valence electrons. The number of carbonyl (C=O) groups is 4. The molecule has 0 spiro atoms. The highest BCUT2D eigenvalue weighted by Gasteiger charge is 2.64. The van der Waals surface area contributed by atoms with Crippen molar-refractivity contribution in [2.24, 2.45) is 10.7 Å². The Hall–Kier alpha value is -2.90. The van der Waals surface area contributed by atoms with Crippen LogP contribution in [-0.2, 0) is 19.2 Å². The molecule has 38 heavy (non-hydrogen) atoms. The summed E-state index contributed by atoms with van der Waals surface area (Å²) >= 11 is 8.09. The molecule has 2 saturated heterocycles. The van der Waals surface area contributed by atoms with Crippen molar-refractivity contribution in [2.45, 2.75) is 42.1 Å². The van der Waals surface area contributed by atoms with Crippen LogP contribution in [0.1, 0.15) is 31.0 Å². The molecule has 0 bridgehead atoms. The van der Waals surface area contributed by atoms with Crippen LogP contribution in [0.2, 0.25) is 0 Å². The van der Waals surface area contributed by atoms with E-state index < -0.39 is 51.9 Å². The third-order valence-electron chi connectivity index (χ3n) is 6.22. The number of carboxylic acid groups (broad SMARTS) is 1. The third-order valence-corrected chi connectivity index (χ3v) is 8.71. The number of aliphatic carboxylic acids is 1. The number of thioether (sulfide) groups is 1. The number of benzene rings is 2. The molecule has 2 fully saturated rings. The molecule has 10 nitrogen and oxygen atoms in total. The van der Waals surface area contributed by atoms with E-state index in [1.54, 1.807) is 56.3 Å². The van der Waals surface area contributed by atoms with Gasteiger partial charge in [0, 0.05) is 19.3 Å². The molecule has 0 aromatic heterocycles. The van der Waals surface area contributed by atoms with Gasteiger partial charge in [0.05, 0.1) is 0 Å². The highest BCUT2D eigenvalue weighted by molar-refractivity contribution is 9.11. The number of rotatable bonds is 8. The van der Waals surface area contributed by atoms with Crippen molar-refractivity contribution in [3.8, 4) is 0 Å². The second kappa shape index (κ2) is 11.1. The lowest BCUT2D eigenvalue weighted by atomic mass is 9.95. The first-order valence-electron chi connectivity index (χ1n) is 11.5. The Morgan fingerprint density at radius 2 is 1.79 bits per heavy atom. The Balaban J connectivity index is 1.47. The van der Waals surface area contributed by atoms with E-state index in [4.69, 9.17) is 5.73 Å². The van der Waals surface area contributed by atoms with Crippen LogP contribution in [0, 0.1) is 0 Å². The molecule has 4 atom stereocenters. The number of halogens is 2. The van der Waals surface area contributed by atoms with Gasteiger partial charge in [-0.15, -0.1) is 11.8 Å². The summed E-state index contributed by atoms with van der Waals surface area (Å²) in [5, 5.41) is 14.5. The minimum Gasteiger partial charge on any atom is -0.480 e. The molecule has 2 aromatic carbocycles. The lowest BCUT2D eigenvalue weighted by molar-refractivity contribution is -0.161. The molecule has 4 rings (SSSR count). The molecule has 2 aliphatic heterocycles. The minimum absolute atomic E-state index is 0.150. The fourth-order valence-corrected chi connectivity index (χ4v) is 7.40. The Bertz CT molecular complexity index is 1300. The number of amides is 3. The SMILES string of the molecule is CC1(C)S[C@@H]2C(NC(=O)C(NC(=O)CN=C(N)c3cc(Br)cc(Br)c3)c3ccccc3)C(=O)N2[C@H]1C(=O)O. The van der Waals surface area contributed by atoms with Crippen molar-refractivity contribution in [3.63, 3.8) is 0 Å². The average Bonchev–Trinajstić information content (AvgIpc) is 3.12. The maximum Gasteiger partial charge on any atom is 0.327 e. The van der Waals surface area contributed by atoms with Crippen molar-refractivity contribution in [2.75, 3.05) is 6.54 Å². The van der Waals surface area contributed by atoms with Crippen LogP contribution in [0.5, 0.6) is 0 Å². The molecule has 2 unspecified atom stereocenters.